The summed E-state index contributed by atoms with van der Waals surface area (Å²) in [6.45, 7) is 0. The van der Waals surface area contributed by atoms with E-state index < -0.39 is 4.92 Å². The van der Waals surface area contributed by atoms with E-state index in [2.05, 4.69) is 15.9 Å². The van der Waals surface area contributed by atoms with Crippen molar-refractivity contribution in [2.24, 2.45) is 0 Å². The SMILES string of the molecule is O=[N+]([O-])c1ccc(Sc2ccccc2)c(Br)c1. The first-order chi connectivity index (χ1) is 8.16. The second kappa shape index (κ2) is 5.33. The summed E-state index contributed by atoms with van der Waals surface area (Å²) in [4.78, 5) is 12.3. The van der Waals surface area contributed by atoms with Crippen LogP contribution in [-0.2, 0) is 0 Å². The number of hydrogen-bond acceptors (Lipinski definition) is 3. The van der Waals surface area contributed by atoms with E-state index in [0.717, 1.165) is 14.3 Å². The zero-order valence-corrected chi connectivity index (χ0v) is 11.1. The number of non-ortho nitro benzene ring substituents is 1. The highest BCUT2D eigenvalue weighted by Gasteiger charge is 2.09. The zero-order chi connectivity index (χ0) is 12.3. The number of nitro benzene ring substituents is 1. The van der Waals surface area contributed by atoms with Gasteiger partial charge in [-0.3, -0.25) is 10.1 Å². The van der Waals surface area contributed by atoms with Crippen LogP contribution in [0.5, 0.6) is 0 Å². The summed E-state index contributed by atoms with van der Waals surface area (Å²) in [7, 11) is 0. The van der Waals surface area contributed by atoms with Crippen LogP contribution < -0.4 is 0 Å². The summed E-state index contributed by atoms with van der Waals surface area (Å²) in [6.07, 6.45) is 0. The Morgan fingerprint density at radius 3 is 2.41 bits per heavy atom. The topological polar surface area (TPSA) is 43.1 Å². The van der Waals surface area contributed by atoms with Crippen molar-refractivity contribution in [2.75, 3.05) is 0 Å². The molecule has 2 rings (SSSR count). The Balaban J connectivity index is 2.26. The van der Waals surface area contributed by atoms with Crippen molar-refractivity contribution in [2.45, 2.75) is 9.79 Å². The Labute approximate surface area is 111 Å². The first-order valence-electron chi connectivity index (χ1n) is 4.83. The number of hydrogen-bond donors (Lipinski definition) is 0. The fraction of sp³-hybridized carbons (Fsp3) is 0. The van der Waals surface area contributed by atoms with Crippen LogP contribution in [0.3, 0.4) is 0 Å². The minimum absolute atomic E-state index is 0.0919. The molecule has 2 aromatic rings. The van der Waals surface area contributed by atoms with Crippen LogP contribution in [0, 0.1) is 10.1 Å². The lowest BCUT2D eigenvalue weighted by Crippen LogP contribution is -1.87. The van der Waals surface area contributed by atoms with Gasteiger partial charge in [0.05, 0.1) is 4.92 Å². The largest absolute Gasteiger partial charge is 0.270 e. The maximum Gasteiger partial charge on any atom is 0.270 e. The van der Waals surface area contributed by atoms with E-state index in [0.29, 0.717) is 0 Å². The molecule has 0 heterocycles. The van der Waals surface area contributed by atoms with Crippen LogP contribution >= 0.6 is 27.7 Å². The molecule has 0 aromatic heterocycles. The highest BCUT2D eigenvalue weighted by atomic mass is 79.9. The molecule has 0 atom stereocenters. The second-order valence-electron chi connectivity index (χ2n) is 3.29. The molecule has 0 spiro atoms. The van der Waals surface area contributed by atoms with Crippen LogP contribution in [0.15, 0.2) is 62.8 Å². The molecule has 86 valence electrons. The average molecular weight is 310 g/mol. The molecule has 3 nitrogen and oxygen atoms in total. The maximum atomic E-state index is 10.6. The van der Waals surface area contributed by atoms with Gasteiger partial charge in [-0.2, -0.15) is 0 Å². The number of nitrogens with zero attached hydrogens (tertiary/aromatic N) is 1. The van der Waals surface area contributed by atoms with Gasteiger partial charge in [0, 0.05) is 26.4 Å². The fourth-order valence-corrected chi connectivity index (χ4v) is 2.75. The smallest absolute Gasteiger partial charge is 0.258 e. The molecule has 0 radical (unpaired) electrons. The zero-order valence-electron chi connectivity index (χ0n) is 8.67. The third kappa shape index (κ3) is 3.08. The molecule has 0 saturated heterocycles. The number of rotatable bonds is 3. The van der Waals surface area contributed by atoms with E-state index in [9.17, 15) is 10.1 Å². The molecule has 5 heteroatoms. The molecule has 0 fully saturated rings. The molecule has 0 aliphatic rings. The summed E-state index contributed by atoms with van der Waals surface area (Å²) >= 11 is 4.91. The van der Waals surface area contributed by atoms with Gasteiger partial charge >= 0.3 is 0 Å². The highest BCUT2D eigenvalue weighted by molar-refractivity contribution is 9.10. The van der Waals surface area contributed by atoms with E-state index in [1.54, 1.807) is 17.8 Å². The van der Waals surface area contributed by atoms with Crippen LogP contribution in [-0.4, -0.2) is 4.92 Å². The highest BCUT2D eigenvalue weighted by Crippen LogP contribution is 2.35. The van der Waals surface area contributed by atoms with E-state index in [1.807, 2.05) is 30.3 Å². The minimum Gasteiger partial charge on any atom is -0.258 e. The molecular weight excluding hydrogens is 302 g/mol. The Hall–Kier alpha value is -1.33. The number of benzene rings is 2. The van der Waals surface area contributed by atoms with Gasteiger partial charge in [0.15, 0.2) is 0 Å². The number of halogens is 1. The average Bonchev–Trinajstić information content (AvgIpc) is 2.33. The molecule has 0 bridgehead atoms. The van der Waals surface area contributed by atoms with Gasteiger partial charge in [-0.1, -0.05) is 30.0 Å². The van der Waals surface area contributed by atoms with Crippen LogP contribution in [0.4, 0.5) is 5.69 Å². The standard InChI is InChI=1S/C12H8BrNO2S/c13-11-8-9(14(15)16)6-7-12(11)17-10-4-2-1-3-5-10/h1-8H. The monoisotopic (exact) mass is 309 g/mol. The van der Waals surface area contributed by atoms with Crippen molar-refractivity contribution < 1.29 is 4.92 Å². The third-order valence-corrected chi connectivity index (χ3v) is 4.10. The van der Waals surface area contributed by atoms with Crippen molar-refractivity contribution in [3.63, 3.8) is 0 Å². The Morgan fingerprint density at radius 2 is 1.82 bits per heavy atom. The Bertz CT molecular complexity index is 545. The Morgan fingerprint density at radius 1 is 1.12 bits per heavy atom. The lowest BCUT2D eigenvalue weighted by Gasteiger charge is -2.03. The molecule has 0 N–H and O–H groups in total. The lowest BCUT2D eigenvalue weighted by molar-refractivity contribution is -0.385. The molecular formula is C12H8BrNO2S. The first kappa shape index (κ1) is 12.1. The van der Waals surface area contributed by atoms with Gasteiger partial charge in [0.1, 0.15) is 0 Å². The summed E-state index contributed by atoms with van der Waals surface area (Å²) in [5, 5.41) is 10.6. The van der Waals surface area contributed by atoms with E-state index in [4.69, 9.17) is 0 Å². The van der Waals surface area contributed by atoms with E-state index in [-0.39, 0.29) is 5.69 Å². The van der Waals surface area contributed by atoms with Gasteiger partial charge in [-0.25, -0.2) is 0 Å². The third-order valence-electron chi connectivity index (χ3n) is 2.10. The second-order valence-corrected chi connectivity index (χ2v) is 5.26. The maximum absolute atomic E-state index is 10.6. The van der Waals surface area contributed by atoms with Crippen molar-refractivity contribution in [1.29, 1.82) is 0 Å². The van der Waals surface area contributed by atoms with Crippen molar-refractivity contribution in [3.8, 4) is 0 Å². The van der Waals surface area contributed by atoms with E-state index >= 15 is 0 Å². The fourth-order valence-electron chi connectivity index (χ4n) is 1.30. The van der Waals surface area contributed by atoms with Gasteiger partial charge in [0.2, 0.25) is 0 Å². The molecule has 0 saturated carbocycles. The molecule has 2 aromatic carbocycles. The van der Waals surface area contributed by atoms with Crippen LogP contribution in [0.2, 0.25) is 0 Å². The lowest BCUT2D eigenvalue weighted by atomic mass is 10.3. The Kier molecular flexibility index (Phi) is 3.81. The van der Waals surface area contributed by atoms with Crippen molar-refractivity contribution >= 4 is 33.4 Å². The molecule has 0 aliphatic heterocycles. The summed E-state index contributed by atoms with van der Waals surface area (Å²) in [5.74, 6) is 0. The molecule has 0 unspecified atom stereocenters. The van der Waals surface area contributed by atoms with Gasteiger partial charge in [0.25, 0.3) is 5.69 Å². The van der Waals surface area contributed by atoms with Gasteiger partial charge in [-0.05, 0) is 34.1 Å². The summed E-state index contributed by atoms with van der Waals surface area (Å²) in [6, 6.07) is 14.6. The van der Waals surface area contributed by atoms with E-state index in [1.165, 1.54) is 12.1 Å². The molecule has 0 amide bonds. The normalized spacial score (nSPS) is 10.2. The summed E-state index contributed by atoms with van der Waals surface area (Å²) in [5.41, 5.74) is 0.0919. The predicted molar refractivity (Wildman–Crippen MR) is 71.4 cm³/mol. The number of nitro groups is 1. The summed E-state index contributed by atoms with van der Waals surface area (Å²) < 4.78 is 0.737. The first-order valence-corrected chi connectivity index (χ1v) is 6.44. The van der Waals surface area contributed by atoms with Crippen LogP contribution in [0.25, 0.3) is 0 Å². The molecule has 17 heavy (non-hydrogen) atoms. The quantitative estimate of drug-likeness (QED) is 0.619. The van der Waals surface area contributed by atoms with Gasteiger partial charge in [-0.15, -0.1) is 0 Å². The minimum atomic E-state index is -0.401. The molecule has 0 aliphatic carbocycles. The van der Waals surface area contributed by atoms with Crippen LogP contribution in [0.1, 0.15) is 0 Å². The van der Waals surface area contributed by atoms with Crippen molar-refractivity contribution in [3.05, 3.63) is 63.1 Å². The van der Waals surface area contributed by atoms with Crippen molar-refractivity contribution in [1.82, 2.24) is 0 Å². The predicted octanol–water partition coefficient (Wildman–Crippen LogP) is 4.51. The van der Waals surface area contributed by atoms with Gasteiger partial charge < -0.3 is 0 Å².